The summed E-state index contributed by atoms with van der Waals surface area (Å²) in [6, 6.07) is 0. The zero-order valence-electron chi connectivity index (χ0n) is 14.2. The van der Waals surface area contributed by atoms with Gasteiger partial charge in [0.2, 0.25) is 5.91 Å². The Morgan fingerprint density at radius 2 is 1.83 bits per heavy atom. The van der Waals surface area contributed by atoms with Crippen molar-refractivity contribution in [3.05, 3.63) is 18.7 Å². The SMILES string of the molecule is O=C(CN1CCCCCCC1)N1CCC[C@@H](Cn2ccnc2)C1. The maximum Gasteiger partial charge on any atom is 0.236 e. The Balaban J connectivity index is 1.48. The summed E-state index contributed by atoms with van der Waals surface area (Å²) in [5.41, 5.74) is 0. The third kappa shape index (κ3) is 5.06. The molecule has 2 aliphatic heterocycles. The lowest BCUT2D eigenvalue weighted by Gasteiger charge is -2.34. The van der Waals surface area contributed by atoms with E-state index in [2.05, 4.69) is 19.4 Å². The number of piperidine rings is 1. The van der Waals surface area contributed by atoms with Crippen LogP contribution in [0.2, 0.25) is 0 Å². The van der Waals surface area contributed by atoms with Crippen LogP contribution in [0.15, 0.2) is 18.7 Å². The zero-order valence-corrected chi connectivity index (χ0v) is 14.2. The second kappa shape index (κ2) is 8.48. The molecule has 3 rings (SSSR count). The molecule has 5 nitrogen and oxygen atoms in total. The first kappa shape index (κ1) is 16.5. The minimum Gasteiger partial charge on any atom is -0.341 e. The largest absolute Gasteiger partial charge is 0.341 e. The van der Waals surface area contributed by atoms with Crippen LogP contribution >= 0.6 is 0 Å². The Morgan fingerprint density at radius 3 is 2.57 bits per heavy atom. The Hall–Kier alpha value is -1.36. The van der Waals surface area contributed by atoms with Gasteiger partial charge < -0.3 is 9.47 Å². The molecule has 0 bridgehead atoms. The predicted molar refractivity (Wildman–Crippen MR) is 91.1 cm³/mol. The molecule has 3 heterocycles. The van der Waals surface area contributed by atoms with E-state index in [1.807, 2.05) is 18.7 Å². The maximum atomic E-state index is 12.7. The fourth-order valence-corrected chi connectivity index (χ4v) is 3.90. The standard InChI is InChI=1S/C18H30N4O/c23-18(15-20-9-4-2-1-3-5-10-20)22-11-6-7-17(14-22)13-21-12-8-19-16-21/h8,12,16-17H,1-7,9-11,13-15H2/t17-/m0/s1. The van der Waals surface area contributed by atoms with Crippen LogP contribution in [0.5, 0.6) is 0 Å². The van der Waals surface area contributed by atoms with E-state index in [1.54, 1.807) is 0 Å². The van der Waals surface area contributed by atoms with Gasteiger partial charge in [-0.3, -0.25) is 9.69 Å². The van der Waals surface area contributed by atoms with Crippen molar-refractivity contribution in [2.24, 2.45) is 5.92 Å². The van der Waals surface area contributed by atoms with E-state index in [-0.39, 0.29) is 0 Å². The molecule has 0 spiro atoms. The third-order valence-electron chi connectivity index (χ3n) is 5.21. The third-order valence-corrected chi connectivity index (χ3v) is 5.21. The van der Waals surface area contributed by atoms with Crippen LogP contribution < -0.4 is 0 Å². The van der Waals surface area contributed by atoms with Gasteiger partial charge >= 0.3 is 0 Å². The molecule has 2 fully saturated rings. The van der Waals surface area contributed by atoms with E-state index in [1.165, 1.54) is 38.5 Å². The van der Waals surface area contributed by atoms with Gasteiger partial charge in [-0.05, 0) is 44.7 Å². The summed E-state index contributed by atoms with van der Waals surface area (Å²) in [6.07, 6.45) is 14.6. The monoisotopic (exact) mass is 318 g/mol. The van der Waals surface area contributed by atoms with Gasteiger partial charge in [0.25, 0.3) is 0 Å². The van der Waals surface area contributed by atoms with E-state index in [9.17, 15) is 4.79 Å². The minimum atomic E-state index is 0.334. The summed E-state index contributed by atoms with van der Waals surface area (Å²) in [6.45, 7) is 5.64. The second-order valence-corrected chi connectivity index (χ2v) is 7.15. The number of carbonyl (C=O) groups is 1. The Kier molecular flexibility index (Phi) is 6.08. The summed E-state index contributed by atoms with van der Waals surface area (Å²) < 4.78 is 2.14. The van der Waals surface area contributed by atoms with Crippen molar-refractivity contribution < 1.29 is 4.79 Å². The molecular weight excluding hydrogens is 288 g/mol. The van der Waals surface area contributed by atoms with Crippen LogP contribution in [0, 0.1) is 5.92 Å². The average molecular weight is 318 g/mol. The van der Waals surface area contributed by atoms with Crippen LogP contribution in [-0.4, -0.2) is 58.0 Å². The molecule has 0 unspecified atom stereocenters. The van der Waals surface area contributed by atoms with E-state index in [0.717, 1.165) is 39.1 Å². The van der Waals surface area contributed by atoms with Crippen molar-refractivity contribution in [1.82, 2.24) is 19.4 Å². The fraction of sp³-hybridized carbons (Fsp3) is 0.778. The molecule has 1 aromatic heterocycles. The maximum absolute atomic E-state index is 12.7. The van der Waals surface area contributed by atoms with Crippen LogP contribution in [0.25, 0.3) is 0 Å². The summed E-state index contributed by atoms with van der Waals surface area (Å²) in [4.78, 5) is 21.3. The van der Waals surface area contributed by atoms with E-state index >= 15 is 0 Å². The van der Waals surface area contributed by atoms with Gasteiger partial charge in [-0.2, -0.15) is 0 Å². The molecular formula is C18H30N4O. The van der Waals surface area contributed by atoms with Crippen LogP contribution in [0.4, 0.5) is 0 Å². The molecule has 0 aromatic carbocycles. The zero-order chi connectivity index (χ0) is 15.9. The molecule has 2 aliphatic rings. The summed E-state index contributed by atoms with van der Waals surface area (Å²) in [5.74, 6) is 0.898. The predicted octanol–water partition coefficient (Wildman–Crippen LogP) is 2.39. The summed E-state index contributed by atoms with van der Waals surface area (Å²) in [7, 11) is 0. The van der Waals surface area contributed by atoms with Crippen molar-refractivity contribution in [3.8, 4) is 0 Å². The number of amides is 1. The highest BCUT2D eigenvalue weighted by molar-refractivity contribution is 5.78. The van der Waals surface area contributed by atoms with E-state index < -0.39 is 0 Å². The van der Waals surface area contributed by atoms with Crippen molar-refractivity contribution >= 4 is 5.91 Å². The van der Waals surface area contributed by atoms with Gasteiger partial charge in [-0.1, -0.05) is 19.3 Å². The van der Waals surface area contributed by atoms with Gasteiger partial charge in [0.05, 0.1) is 12.9 Å². The molecule has 2 saturated heterocycles. The normalized spacial score (nSPS) is 24.2. The number of nitrogens with zero attached hydrogens (tertiary/aromatic N) is 4. The van der Waals surface area contributed by atoms with Crippen molar-refractivity contribution in [2.45, 2.75) is 51.5 Å². The Labute approximate surface area is 139 Å². The summed E-state index contributed by atoms with van der Waals surface area (Å²) >= 11 is 0. The quantitative estimate of drug-likeness (QED) is 0.856. The lowest BCUT2D eigenvalue weighted by Crippen LogP contribution is -2.46. The van der Waals surface area contributed by atoms with Crippen molar-refractivity contribution in [3.63, 3.8) is 0 Å². The Morgan fingerprint density at radius 1 is 1.04 bits per heavy atom. The Bertz CT molecular complexity index is 465. The number of hydrogen-bond donors (Lipinski definition) is 0. The average Bonchev–Trinajstić information content (AvgIpc) is 3.03. The molecule has 0 N–H and O–H groups in total. The topological polar surface area (TPSA) is 41.4 Å². The number of hydrogen-bond acceptors (Lipinski definition) is 3. The molecule has 1 amide bonds. The molecule has 0 radical (unpaired) electrons. The number of rotatable bonds is 4. The molecule has 0 aliphatic carbocycles. The highest BCUT2D eigenvalue weighted by atomic mass is 16.2. The van der Waals surface area contributed by atoms with Gasteiger partial charge in [-0.25, -0.2) is 4.98 Å². The molecule has 1 aromatic rings. The van der Waals surface area contributed by atoms with Crippen molar-refractivity contribution in [2.75, 3.05) is 32.7 Å². The van der Waals surface area contributed by atoms with Crippen LogP contribution in [-0.2, 0) is 11.3 Å². The van der Waals surface area contributed by atoms with Crippen LogP contribution in [0.3, 0.4) is 0 Å². The lowest BCUT2D eigenvalue weighted by atomic mass is 9.98. The smallest absolute Gasteiger partial charge is 0.236 e. The highest BCUT2D eigenvalue weighted by Gasteiger charge is 2.25. The first-order valence-corrected chi connectivity index (χ1v) is 9.27. The molecule has 5 heteroatoms. The molecule has 23 heavy (non-hydrogen) atoms. The highest BCUT2D eigenvalue weighted by Crippen LogP contribution is 2.19. The minimum absolute atomic E-state index is 0.334. The number of likely N-dealkylation sites (tertiary alicyclic amines) is 2. The second-order valence-electron chi connectivity index (χ2n) is 7.15. The van der Waals surface area contributed by atoms with Gasteiger partial charge in [0, 0.05) is 32.0 Å². The molecule has 128 valence electrons. The fourth-order valence-electron chi connectivity index (χ4n) is 3.90. The van der Waals surface area contributed by atoms with Gasteiger partial charge in [-0.15, -0.1) is 0 Å². The van der Waals surface area contributed by atoms with E-state index in [0.29, 0.717) is 18.4 Å². The first-order chi connectivity index (χ1) is 11.3. The molecule has 0 saturated carbocycles. The number of imidazole rings is 1. The van der Waals surface area contributed by atoms with Crippen LogP contribution in [0.1, 0.15) is 44.9 Å². The van der Waals surface area contributed by atoms with Gasteiger partial charge in [0.15, 0.2) is 0 Å². The first-order valence-electron chi connectivity index (χ1n) is 9.27. The molecule has 1 atom stereocenters. The van der Waals surface area contributed by atoms with Gasteiger partial charge in [0.1, 0.15) is 0 Å². The lowest BCUT2D eigenvalue weighted by molar-refractivity contribution is -0.134. The van der Waals surface area contributed by atoms with E-state index in [4.69, 9.17) is 0 Å². The van der Waals surface area contributed by atoms with Crippen molar-refractivity contribution in [1.29, 1.82) is 0 Å². The summed E-state index contributed by atoms with van der Waals surface area (Å²) in [5, 5.41) is 0. The number of carbonyl (C=O) groups excluding carboxylic acids is 1. The number of aromatic nitrogens is 2.